The second kappa shape index (κ2) is 15.3. The Hall–Kier alpha value is -1.79. The fourth-order valence-electron chi connectivity index (χ4n) is 7.58. The van der Waals surface area contributed by atoms with Crippen LogP contribution in [0.1, 0.15) is 153 Å². The second-order valence-electron chi connectivity index (χ2n) is 13.8. The van der Waals surface area contributed by atoms with Crippen LogP contribution in [0.2, 0.25) is 0 Å². The molecular formula is C39H59O2P. The third-order valence-corrected chi connectivity index (χ3v) is 13.4. The zero-order chi connectivity index (χ0) is 30.4. The molecule has 3 heteroatoms. The molecule has 0 spiro atoms. The van der Waals surface area contributed by atoms with Gasteiger partial charge in [-0.25, -0.2) is 0 Å². The molecule has 2 aliphatic rings. The number of hydrogen-bond donors (Lipinski definition) is 0. The van der Waals surface area contributed by atoms with Gasteiger partial charge in [0, 0.05) is 16.4 Å². The molecule has 0 aliphatic heterocycles. The summed E-state index contributed by atoms with van der Waals surface area (Å²) in [6.07, 6.45) is 19.1. The van der Waals surface area contributed by atoms with E-state index < -0.39 is 7.92 Å². The van der Waals surface area contributed by atoms with Gasteiger partial charge < -0.3 is 9.47 Å². The minimum absolute atomic E-state index is 0.415. The van der Waals surface area contributed by atoms with E-state index in [1.807, 2.05) is 14.2 Å². The Labute approximate surface area is 259 Å². The quantitative estimate of drug-likeness (QED) is 0.191. The minimum atomic E-state index is -0.429. The van der Waals surface area contributed by atoms with Gasteiger partial charge in [0.25, 0.3) is 0 Å². The Morgan fingerprint density at radius 2 is 1.24 bits per heavy atom. The lowest BCUT2D eigenvalue weighted by Crippen LogP contribution is -2.29. The summed E-state index contributed by atoms with van der Waals surface area (Å²) >= 11 is 0. The van der Waals surface area contributed by atoms with Crippen LogP contribution in [-0.4, -0.2) is 25.5 Å². The first-order chi connectivity index (χ1) is 20.2. The maximum atomic E-state index is 6.59. The van der Waals surface area contributed by atoms with Crippen LogP contribution in [0, 0.1) is 0 Å². The van der Waals surface area contributed by atoms with E-state index in [-0.39, 0.29) is 0 Å². The lowest BCUT2D eigenvalue weighted by atomic mass is 9.81. The van der Waals surface area contributed by atoms with Crippen LogP contribution in [0.25, 0.3) is 11.1 Å². The number of hydrogen-bond acceptors (Lipinski definition) is 2. The van der Waals surface area contributed by atoms with Crippen molar-refractivity contribution in [3.8, 4) is 22.6 Å². The van der Waals surface area contributed by atoms with Crippen molar-refractivity contribution in [1.29, 1.82) is 0 Å². The summed E-state index contributed by atoms with van der Waals surface area (Å²) in [5.41, 5.74) is 10.0. The van der Waals surface area contributed by atoms with Crippen molar-refractivity contribution >= 4 is 13.2 Å². The smallest absolute Gasteiger partial charge is 0.130 e. The number of rotatable bonds is 11. The predicted molar refractivity (Wildman–Crippen MR) is 186 cm³/mol. The van der Waals surface area contributed by atoms with E-state index in [1.54, 1.807) is 0 Å². The van der Waals surface area contributed by atoms with Crippen molar-refractivity contribution in [2.24, 2.45) is 0 Å². The minimum Gasteiger partial charge on any atom is -0.496 e. The van der Waals surface area contributed by atoms with E-state index in [9.17, 15) is 0 Å². The third-order valence-electron chi connectivity index (χ3n) is 9.87. The molecule has 0 atom stereocenters. The van der Waals surface area contributed by atoms with E-state index >= 15 is 0 Å². The predicted octanol–water partition coefficient (Wildman–Crippen LogP) is 11.6. The molecule has 0 bridgehead atoms. The third kappa shape index (κ3) is 7.12. The van der Waals surface area contributed by atoms with Gasteiger partial charge in [-0.3, -0.25) is 0 Å². The van der Waals surface area contributed by atoms with Gasteiger partial charge in [-0.15, -0.1) is 0 Å². The van der Waals surface area contributed by atoms with E-state index in [4.69, 9.17) is 9.47 Å². The Morgan fingerprint density at radius 3 is 1.64 bits per heavy atom. The molecule has 42 heavy (non-hydrogen) atoms. The summed E-state index contributed by atoms with van der Waals surface area (Å²) in [4.78, 5) is 0. The summed E-state index contributed by atoms with van der Waals surface area (Å²) < 4.78 is 13.1. The van der Waals surface area contributed by atoms with Gasteiger partial charge in [0.05, 0.1) is 14.2 Å². The van der Waals surface area contributed by atoms with Crippen LogP contribution in [0.4, 0.5) is 0 Å². The number of allylic oxidation sites excluding steroid dienone is 2. The molecule has 0 heterocycles. The van der Waals surface area contributed by atoms with Crippen molar-refractivity contribution in [2.75, 3.05) is 14.2 Å². The molecule has 232 valence electrons. The summed E-state index contributed by atoms with van der Waals surface area (Å²) in [6, 6.07) is 7.35. The molecule has 2 nitrogen and oxygen atoms in total. The van der Waals surface area contributed by atoms with Gasteiger partial charge in [-0.2, -0.15) is 0 Å². The molecule has 2 aliphatic carbocycles. The van der Waals surface area contributed by atoms with Crippen LogP contribution in [0.5, 0.6) is 11.5 Å². The summed E-state index contributed by atoms with van der Waals surface area (Å²) in [5, 5.41) is 1.53. The van der Waals surface area contributed by atoms with Crippen LogP contribution in [-0.2, 0) is 6.42 Å². The van der Waals surface area contributed by atoms with Crippen LogP contribution >= 0.6 is 7.92 Å². The molecule has 0 radical (unpaired) electrons. The molecule has 0 unspecified atom stereocenters. The number of benzene rings is 2. The van der Waals surface area contributed by atoms with E-state index in [1.165, 1.54) is 103 Å². The highest BCUT2D eigenvalue weighted by Crippen LogP contribution is 2.60. The fourth-order valence-corrected chi connectivity index (χ4v) is 11.7. The van der Waals surface area contributed by atoms with Gasteiger partial charge in [-0.1, -0.05) is 112 Å². The van der Waals surface area contributed by atoms with E-state index in [0.717, 1.165) is 29.2 Å². The first-order valence-corrected chi connectivity index (χ1v) is 18.6. The first kappa shape index (κ1) is 33.1. The lowest BCUT2D eigenvalue weighted by molar-refractivity contribution is 0.403. The molecule has 4 rings (SSSR count). The Morgan fingerprint density at radius 1 is 0.714 bits per heavy atom. The molecular weight excluding hydrogens is 531 g/mol. The topological polar surface area (TPSA) is 18.5 Å². The second-order valence-corrected chi connectivity index (χ2v) is 16.5. The molecule has 0 N–H and O–H groups in total. The maximum Gasteiger partial charge on any atom is 0.130 e. The Balaban J connectivity index is 2.17. The molecule has 0 aromatic heterocycles. The SMILES string of the molecule is CC=CCc1cc(OC)c(-c2c(C(C)C)cc(C(C)C)cc2C(C)C)c(P(C2CCCCC2)C2CCCCC2)c1OC. The highest BCUT2D eigenvalue weighted by molar-refractivity contribution is 7.67. The molecule has 0 amide bonds. The lowest BCUT2D eigenvalue weighted by Gasteiger charge is -2.41. The largest absolute Gasteiger partial charge is 0.496 e. The van der Waals surface area contributed by atoms with Gasteiger partial charge in [0.15, 0.2) is 0 Å². The summed E-state index contributed by atoms with van der Waals surface area (Å²) in [6.45, 7) is 16.3. The van der Waals surface area contributed by atoms with Crippen LogP contribution in [0.15, 0.2) is 30.4 Å². The van der Waals surface area contributed by atoms with Gasteiger partial charge >= 0.3 is 0 Å². The van der Waals surface area contributed by atoms with Crippen molar-refractivity contribution in [3.63, 3.8) is 0 Å². The highest BCUT2D eigenvalue weighted by atomic mass is 31.1. The average Bonchev–Trinajstić information content (AvgIpc) is 3.00. The fraction of sp³-hybridized carbons (Fsp3) is 0.641. The zero-order valence-electron chi connectivity index (χ0n) is 28.3. The molecule has 2 aromatic carbocycles. The first-order valence-electron chi connectivity index (χ1n) is 17.1. The average molecular weight is 591 g/mol. The van der Waals surface area contributed by atoms with Gasteiger partial charge in [-0.05, 0) is 96.4 Å². The van der Waals surface area contributed by atoms with E-state index in [0.29, 0.717) is 17.8 Å². The van der Waals surface area contributed by atoms with E-state index in [2.05, 4.69) is 78.8 Å². The van der Waals surface area contributed by atoms with Gasteiger partial charge in [0.1, 0.15) is 11.5 Å². The number of methoxy groups -OCH3 is 2. The molecule has 2 aromatic rings. The van der Waals surface area contributed by atoms with Gasteiger partial charge in [0.2, 0.25) is 0 Å². The normalized spacial score (nSPS) is 17.4. The number of ether oxygens (including phenoxy) is 2. The Kier molecular flexibility index (Phi) is 12.0. The summed E-state index contributed by atoms with van der Waals surface area (Å²) in [7, 11) is 3.39. The molecule has 2 saturated carbocycles. The maximum absolute atomic E-state index is 6.59. The van der Waals surface area contributed by atoms with Crippen molar-refractivity contribution < 1.29 is 9.47 Å². The monoisotopic (exact) mass is 590 g/mol. The molecule has 0 saturated heterocycles. The van der Waals surface area contributed by atoms with Crippen molar-refractivity contribution in [1.82, 2.24) is 0 Å². The Bertz CT molecular complexity index is 1150. The van der Waals surface area contributed by atoms with Crippen molar-refractivity contribution in [2.45, 2.75) is 148 Å². The highest BCUT2D eigenvalue weighted by Gasteiger charge is 2.38. The summed E-state index contributed by atoms with van der Waals surface area (Å²) in [5.74, 6) is 3.53. The van der Waals surface area contributed by atoms with Crippen LogP contribution < -0.4 is 14.8 Å². The zero-order valence-corrected chi connectivity index (χ0v) is 29.2. The van der Waals surface area contributed by atoms with Crippen molar-refractivity contribution in [3.05, 3.63) is 52.6 Å². The van der Waals surface area contributed by atoms with Crippen LogP contribution in [0.3, 0.4) is 0 Å². The molecule has 2 fully saturated rings. The standard InChI is InChI=1S/C39H59O2P/c1-10-11-18-29-25-35(40-8)37(36-33(27(4)5)23-30(26(2)3)24-34(36)28(6)7)39(38(29)41-9)42(31-19-14-12-15-20-31)32-21-16-13-17-22-32/h10-11,23-28,31-32H,12-22H2,1-9H3.